The van der Waals surface area contributed by atoms with Crippen molar-refractivity contribution < 1.29 is 9.59 Å². The lowest BCUT2D eigenvalue weighted by Crippen LogP contribution is -2.37. The smallest absolute Gasteiger partial charge is 0.253 e. The highest BCUT2D eigenvalue weighted by molar-refractivity contribution is 5.95. The van der Waals surface area contributed by atoms with Gasteiger partial charge in [0.15, 0.2) is 0 Å². The molecular weight excluding hydrogens is 278 g/mol. The summed E-state index contributed by atoms with van der Waals surface area (Å²) in [4.78, 5) is 28.0. The molecule has 2 aliphatic rings. The lowest BCUT2D eigenvalue weighted by molar-refractivity contribution is -0.114. The van der Waals surface area contributed by atoms with E-state index in [0.29, 0.717) is 11.6 Å². The number of nitrogens with zero attached hydrogens (tertiary/aromatic N) is 2. The van der Waals surface area contributed by atoms with Gasteiger partial charge in [-0.25, -0.2) is 0 Å². The molecule has 1 aromatic rings. The highest BCUT2D eigenvalue weighted by Gasteiger charge is 2.31. The Morgan fingerprint density at radius 2 is 1.77 bits per heavy atom. The average molecular weight is 301 g/mol. The number of carbonyl (C=O) groups is 2. The van der Waals surface area contributed by atoms with Crippen molar-refractivity contribution in [3.05, 3.63) is 29.8 Å². The summed E-state index contributed by atoms with van der Waals surface area (Å²) < 4.78 is 0. The Labute approximate surface area is 131 Å². The lowest BCUT2D eigenvalue weighted by atomic mass is 10.2. The predicted molar refractivity (Wildman–Crippen MR) is 85.9 cm³/mol. The zero-order valence-electron chi connectivity index (χ0n) is 13.0. The van der Waals surface area contributed by atoms with Gasteiger partial charge >= 0.3 is 0 Å². The Balaban J connectivity index is 1.60. The normalized spacial score (nSPS) is 22.0. The van der Waals surface area contributed by atoms with E-state index in [2.05, 4.69) is 10.2 Å². The Hall–Kier alpha value is -1.88. The number of carbonyl (C=O) groups excluding carboxylic acids is 2. The Bertz CT molecular complexity index is 550. The molecule has 22 heavy (non-hydrogen) atoms. The summed E-state index contributed by atoms with van der Waals surface area (Å²) in [7, 11) is 0. The molecule has 0 spiro atoms. The van der Waals surface area contributed by atoms with Crippen molar-refractivity contribution in [3.63, 3.8) is 0 Å². The van der Waals surface area contributed by atoms with E-state index in [1.54, 1.807) is 24.3 Å². The molecule has 2 saturated heterocycles. The Kier molecular flexibility index (Phi) is 4.43. The van der Waals surface area contributed by atoms with Crippen LogP contribution in [0.15, 0.2) is 24.3 Å². The van der Waals surface area contributed by atoms with Crippen molar-refractivity contribution in [1.29, 1.82) is 0 Å². The topological polar surface area (TPSA) is 52.7 Å². The van der Waals surface area contributed by atoms with Crippen LogP contribution in [0.3, 0.4) is 0 Å². The second-order valence-electron chi connectivity index (χ2n) is 6.20. The van der Waals surface area contributed by atoms with Gasteiger partial charge in [0.1, 0.15) is 0 Å². The van der Waals surface area contributed by atoms with Gasteiger partial charge in [-0.3, -0.25) is 14.5 Å². The largest absolute Gasteiger partial charge is 0.337 e. The zero-order valence-corrected chi connectivity index (χ0v) is 13.0. The van der Waals surface area contributed by atoms with E-state index in [0.717, 1.165) is 25.2 Å². The minimum atomic E-state index is -0.105. The van der Waals surface area contributed by atoms with E-state index in [-0.39, 0.29) is 11.8 Å². The molecule has 5 heteroatoms. The molecule has 5 nitrogen and oxygen atoms in total. The van der Waals surface area contributed by atoms with Crippen molar-refractivity contribution >= 4 is 17.5 Å². The SMILES string of the molecule is CC(=O)Nc1ccc(C(=O)N2CCC(N3CCCC3)C2)cc1. The second kappa shape index (κ2) is 6.48. The quantitative estimate of drug-likeness (QED) is 0.928. The van der Waals surface area contributed by atoms with Crippen molar-refractivity contribution in [2.75, 3.05) is 31.5 Å². The maximum Gasteiger partial charge on any atom is 0.253 e. The number of nitrogens with one attached hydrogen (secondary N) is 1. The van der Waals surface area contributed by atoms with E-state index in [1.165, 1.54) is 32.9 Å². The fourth-order valence-electron chi connectivity index (χ4n) is 3.41. The average Bonchev–Trinajstić information content (AvgIpc) is 3.18. The number of hydrogen-bond donors (Lipinski definition) is 1. The first-order chi connectivity index (χ1) is 10.6. The van der Waals surface area contributed by atoms with E-state index in [9.17, 15) is 9.59 Å². The molecule has 2 heterocycles. The highest BCUT2D eigenvalue weighted by atomic mass is 16.2. The zero-order chi connectivity index (χ0) is 15.5. The van der Waals surface area contributed by atoms with Crippen molar-refractivity contribution in [3.8, 4) is 0 Å². The summed E-state index contributed by atoms with van der Waals surface area (Å²) in [6.45, 7) is 5.51. The number of amides is 2. The van der Waals surface area contributed by atoms with Crippen molar-refractivity contribution in [1.82, 2.24) is 9.80 Å². The van der Waals surface area contributed by atoms with Crippen LogP contribution in [-0.4, -0.2) is 53.8 Å². The Morgan fingerprint density at radius 3 is 2.41 bits per heavy atom. The molecule has 0 radical (unpaired) electrons. The van der Waals surface area contributed by atoms with Crippen LogP contribution in [0.1, 0.15) is 36.5 Å². The van der Waals surface area contributed by atoms with E-state index >= 15 is 0 Å². The van der Waals surface area contributed by atoms with Crippen LogP contribution in [0.25, 0.3) is 0 Å². The molecule has 0 saturated carbocycles. The first kappa shape index (κ1) is 15.0. The molecule has 0 bridgehead atoms. The van der Waals surface area contributed by atoms with Crippen LogP contribution >= 0.6 is 0 Å². The fourth-order valence-corrected chi connectivity index (χ4v) is 3.41. The number of likely N-dealkylation sites (tertiary alicyclic amines) is 2. The lowest BCUT2D eigenvalue weighted by Gasteiger charge is -2.23. The molecule has 1 atom stereocenters. The van der Waals surface area contributed by atoms with E-state index in [1.807, 2.05) is 4.90 Å². The van der Waals surface area contributed by atoms with Gasteiger partial charge in [0.05, 0.1) is 0 Å². The van der Waals surface area contributed by atoms with E-state index < -0.39 is 0 Å². The van der Waals surface area contributed by atoms with Gasteiger partial charge < -0.3 is 10.2 Å². The molecule has 1 N–H and O–H groups in total. The number of hydrogen-bond acceptors (Lipinski definition) is 3. The van der Waals surface area contributed by atoms with Gasteiger partial charge in [-0.1, -0.05) is 0 Å². The van der Waals surface area contributed by atoms with Crippen molar-refractivity contribution in [2.45, 2.75) is 32.2 Å². The van der Waals surface area contributed by atoms with E-state index in [4.69, 9.17) is 0 Å². The maximum atomic E-state index is 12.6. The summed E-state index contributed by atoms with van der Waals surface area (Å²) in [5, 5.41) is 2.71. The van der Waals surface area contributed by atoms with Gasteiger partial charge in [0.2, 0.25) is 5.91 Å². The minimum Gasteiger partial charge on any atom is -0.337 e. The van der Waals surface area contributed by atoms with Crippen LogP contribution < -0.4 is 5.32 Å². The molecule has 1 aromatic carbocycles. The molecule has 0 aromatic heterocycles. The highest BCUT2D eigenvalue weighted by Crippen LogP contribution is 2.22. The predicted octanol–water partition coefficient (Wildman–Crippen LogP) is 1.96. The van der Waals surface area contributed by atoms with Crippen LogP contribution in [0.4, 0.5) is 5.69 Å². The molecule has 3 rings (SSSR count). The summed E-state index contributed by atoms with van der Waals surface area (Å²) in [6, 6.07) is 7.67. The molecule has 2 amide bonds. The van der Waals surface area contributed by atoms with Crippen molar-refractivity contribution in [2.24, 2.45) is 0 Å². The third kappa shape index (κ3) is 3.30. The van der Waals surface area contributed by atoms with Gasteiger partial charge in [-0.15, -0.1) is 0 Å². The summed E-state index contributed by atoms with van der Waals surface area (Å²) in [6.07, 6.45) is 3.65. The maximum absolute atomic E-state index is 12.6. The second-order valence-corrected chi connectivity index (χ2v) is 6.20. The Morgan fingerprint density at radius 1 is 1.09 bits per heavy atom. The molecule has 1 unspecified atom stereocenters. The third-order valence-electron chi connectivity index (χ3n) is 4.56. The van der Waals surface area contributed by atoms with Crippen LogP contribution in [-0.2, 0) is 4.79 Å². The monoisotopic (exact) mass is 301 g/mol. The third-order valence-corrected chi connectivity index (χ3v) is 4.56. The molecule has 2 aliphatic heterocycles. The first-order valence-corrected chi connectivity index (χ1v) is 8.04. The van der Waals surface area contributed by atoms with Gasteiger partial charge in [0, 0.05) is 37.3 Å². The van der Waals surface area contributed by atoms with Gasteiger partial charge in [-0.2, -0.15) is 0 Å². The summed E-state index contributed by atoms with van der Waals surface area (Å²) in [5.74, 6) is -0.0110. The summed E-state index contributed by atoms with van der Waals surface area (Å²) >= 11 is 0. The van der Waals surface area contributed by atoms with Crippen LogP contribution in [0, 0.1) is 0 Å². The first-order valence-electron chi connectivity index (χ1n) is 8.04. The number of anilines is 1. The molecular formula is C17H23N3O2. The van der Waals surface area contributed by atoms with Crippen LogP contribution in [0.2, 0.25) is 0 Å². The van der Waals surface area contributed by atoms with Gasteiger partial charge in [0.25, 0.3) is 5.91 Å². The fraction of sp³-hybridized carbons (Fsp3) is 0.529. The molecule has 0 aliphatic carbocycles. The van der Waals surface area contributed by atoms with Gasteiger partial charge in [-0.05, 0) is 56.6 Å². The molecule has 2 fully saturated rings. The molecule has 118 valence electrons. The standard InChI is InChI=1S/C17H23N3O2/c1-13(21)18-15-6-4-14(5-7-15)17(22)20-11-8-16(12-20)19-9-2-3-10-19/h4-7,16H,2-3,8-12H2,1H3,(H,18,21). The minimum absolute atomic E-state index is 0.0936. The summed E-state index contributed by atoms with van der Waals surface area (Å²) in [5.41, 5.74) is 1.41. The number of benzene rings is 1. The van der Waals surface area contributed by atoms with Crippen LogP contribution in [0.5, 0.6) is 0 Å². The number of rotatable bonds is 3.